The molecule has 2 atom stereocenters. The zero-order valence-corrected chi connectivity index (χ0v) is 12.6. The largest absolute Gasteiger partial charge is 0.396 e. The Bertz CT molecular complexity index is 550. The van der Waals surface area contributed by atoms with Crippen LogP contribution >= 0.6 is 11.8 Å². The van der Waals surface area contributed by atoms with E-state index in [1.54, 1.807) is 18.4 Å². The molecule has 1 fully saturated rings. The zero-order valence-electron chi connectivity index (χ0n) is 11.7. The van der Waals surface area contributed by atoms with Crippen LogP contribution in [0.5, 0.6) is 0 Å². The van der Waals surface area contributed by atoms with Gasteiger partial charge in [-0.1, -0.05) is 6.42 Å². The highest BCUT2D eigenvalue weighted by Crippen LogP contribution is 2.29. The Morgan fingerprint density at radius 2 is 2.29 bits per heavy atom. The maximum atomic E-state index is 12.2. The van der Waals surface area contributed by atoms with Gasteiger partial charge < -0.3 is 10.4 Å². The van der Waals surface area contributed by atoms with Crippen LogP contribution in [-0.2, 0) is 0 Å². The van der Waals surface area contributed by atoms with Crippen LogP contribution in [0.3, 0.4) is 0 Å². The van der Waals surface area contributed by atoms with Crippen LogP contribution in [0.1, 0.15) is 29.6 Å². The minimum Gasteiger partial charge on any atom is -0.396 e. The lowest BCUT2D eigenvalue weighted by Gasteiger charge is -2.19. The van der Waals surface area contributed by atoms with Gasteiger partial charge in [0, 0.05) is 30.2 Å². The molecule has 1 aliphatic rings. The molecule has 7 heteroatoms. The summed E-state index contributed by atoms with van der Waals surface area (Å²) in [7, 11) is 0. The van der Waals surface area contributed by atoms with Crippen molar-refractivity contribution < 1.29 is 14.8 Å². The van der Waals surface area contributed by atoms with E-state index in [9.17, 15) is 20.0 Å². The summed E-state index contributed by atoms with van der Waals surface area (Å²) in [6.45, 7) is 0.0521. The number of thioether (sulfide) groups is 1. The molecule has 0 spiro atoms. The highest BCUT2D eigenvalue weighted by atomic mass is 32.2. The minimum atomic E-state index is -0.477. The van der Waals surface area contributed by atoms with E-state index in [0.29, 0.717) is 4.90 Å². The van der Waals surface area contributed by atoms with Crippen molar-refractivity contribution in [3.63, 3.8) is 0 Å². The lowest BCUT2D eigenvalue weighted by Crippen LogP contribution is -2.38. The van der Waals surface area contributed by atoms with E-state index in [2.05, 4.69) is 5.32 Å². The van der Waals surface area contributed by atoms with Gasteiger partial charge in [-0.25, -0.2) is 0 Å². The first-order valence-electron chi connectivity index (χ1n) is 6.81. The third-order valence-corrected chi connectivity index (χ3v) is 4.63. The molecule has 0 saturated heterocycles. The molecular weight excluding hydrogens is 292 g/mol. The van der Waals surface area contributed by atoms with Gasteiger partial charge >= 0.3 is 0 Å². The van der Waals surface area contributed by atoms with Crippen molar-refractivity contribution in [2.24, 2.45) is 5.92 Å². The second kappa shape index (κ2) is 6.91. The fraction of sp³-hybridized carbons (Fsp3) is 0.500. The lowest BCUT2D eigenvalue weighted by atomic mass is 10.0. The summed E-state index contributed by atoms with van der Waals surface area (Å²) in [5.74, 6) is -0.245. The normalized spacial score (nSPS) is 21.2. The van der Waals surface area contributed by atoms with Gasteiger partial charge in [-0.2, -0.15) is 0 Å². The van der Waals surface area contributed by atoms with Crippen molar-refractivity contribution in [3.8, 4) is 0 Å². The smallest absolute Gasteiger partial charge is 0.283 e. The molecule has 0 heterocycles. The van der Waals surface area contributed by atoms with Crippen LogP contribution in [-0.4, -0.2) is 34.8 Å². The minimum absolute atomic E-state index is 0.0521. The summed E-state index contributed by atoms with van der Waals surface area (Å²) < 4.78 is 0. The quantitative estimate of drug-likeness (QED) is 0.494. The van der Waals surface area contributed by atoms with E-state index in [4.69, 9.17) is 0 Å². The third kappa shape index (κ3) is 3.54. The number of amides is 1. The van der Waals surface area contributed by atoms with Crippen LogP contribution in [0, 0.1) is 16.0 Å². The zero-order chi connectivity index (χ0) is 15.4. The second-order valence-electron chi connectivity index (χ2n) is 5.10. The molecular formula is C14H18N2O4S. The van der Waals surface area contributed by atoms with Crippen LogP contribution in [0.15, 0.2) is 23.1 Å². The summed E-state index contributed by atoms with van der Waals surface area (Å²) >= 11 is 1.27. The monoisotopic (exact) mass is 310 g/mol. The average molecular weight is 310 g/mol. The van der Waals surface area contributed by atoms with Crippen molar-refractivity contribution >= 4 is 23.4 Å². The maximum Gasteiger partial charge on any atom is 0.283 e. The number of hydrogen-bond acceptors (Lipinski definition) is 5. The number of nitro groups is 1. The molecule has 1 saturated carbocycles. The first kappa shape index (κ1) is 15.8. The third-order valence-electron chi connectivity index (χ3n) is 3.85. The van der Waals surface area contributed by atoms with E-state index in [1.807, 2.05) is 0 Å². The second-order valence-corrected chi connectivity index (χ2v) is 5.95. The van der Waals surface area contributed by atoms with Crippen LogP contribution < -0.4 is 5.32 Å². The SMILES string of the molecule is CSc1ccc(C(=O)NC2CCCC2CO)cc1[N+](=O)[O-]. The highest BCUT2D eigenvalue weighted by molar-refractivity contribution is 7.98. The number of benzene rings is 1. The van der Waals surface area contributed by atoms with E-state index in [1.165, 1.54) is 17.8 Å². The number of carbonyl (C=O) groups excluding carboxylic acids is 1. The molecule has 0 aromatic heterocycles. The lowest BCUT2D eigenvalue weighted by molar-refractivity contribution is -0.387. The van der Waals surface area contributed by atoms with Crippen molar-refractivity contribution in [1.29, 1.82) is 0 Å². The summed E-state index contributed by atoms with van der Waals surface area (Å²) in [6.07, 6.45) is 4.46. The number of nitrogens with one attached hydrogen (secondary N) is 1. The molecule has 0 bridgehead atoms. The molecule has 0 radical (unpaired) electrons. The molecule has 2 unspecified atom stereocenters. The van der Waals surface area contributed by atoms with Crippen molar-refractivity contribution in [1.82, 2.24) is 5.32 Å². The van der Waals surface area contributed by atoms with Gasteiger partial charge in [-0.05, 0) is 31.2 Å². The van der Waals surface area contributed by atoms with Gasteiger partial charge in [0.25, 0.3) is 11.6 Å². The van der Waals surface area contributed by atoms with Crippen LogP contribution in [0.25, 0.3) is 0 Å². The number of nitro benzene ring substituents is 1. The molecule has 0 aliphatic heterocycles. The highest BCUT2D eigenvalue weighted by Gasteiger charge is 2.28. The number of carbonyl (C=O) groups is 1. The molecule has 1 aromatic rings. The van der Waals surface area contributed by atoms with E-state index in [-0.39, 0.29) is 35.7 Å². The first-order chi connectivity index (χ1) is 10.1. The molecule has 2 N–H and O–H groups in total. The Hall–Kier alpha value is -1.60. The first-order valence-corrected chi connectivity index (χ1v) is 8.03. The van der Waals surface area contributed by atoms with Gasteiger partial charge in [0.1, 0.15) is 0 Å². The van der Waals surface area contributed by atoms with E-state index < -0.39 is 4.92 Å². The molecule has 6 nitrogen and oxygen atoms in total. The fourth-order valence-electron chi connectivity index (χ4n) is 2.67. The number of aliphatic hydroxyl groups is 1. The van der Waals surface area contributed by atoms with Crippen molar-refractivity contribution in [3.05, 3.63) is 33.9 Å². The summed E-state index contributed by atoms with van der Waals surface area (Å²) in [5, 5.41) is 23.2. The topological polar surface area (TPSA) is 92.5 Å². The van der Waals surface area contributed by atoms with Crippen LogP contribution in [0.2, 0.25) is 0 Å². The Labute approximate surface area is 127 Å². The summed E-state index contributed by atoms with van der Waals surface area (Å²) in [4.78, 5) is 23.3. The Morgan fingerprint density at radius 1 is 1.52 bits per heavy atom. The standard InChI is InChI=1S/C14H18N2O4S/c1-21-13-6-5-9(7-12(13)16(19)20)14(18)15-11-4-2-3-10(11)8-17/h5-7,10-11,17H,2-4,8H2,1H3,(H,15,18). The van der Waals surface area contributed by atoms with Gasteiger partial charge in [0.05, 0.1) is 9.82 Å². The fourth-order valence-corrected chi connectivity index (χ4v) is 3.22. The number of hydrogen-bond donors (Lipinski definition) is 2. The average Bonchev–Trinajstić information content (AvgIpc) is 2.93. The molecule has 21 heavy (non-hydrogen) atoms. The Morgan fingerprint density at radius 3 is 2.90 bits per heavy atom. The van der Waals surface area contributed by atoms with Gasteiger partial charge in [-0.15, -0.1) is 11.8 Å². The maximum absolute atomic E-state index is 12.2. The van der Waals surface area contributed by atoms with E-state index >= 15 is 0 Å². The molecule has 1 amide bonds. The van der Waals surface area contributed by atoms with E-state index in [0.717, 1.165) is 19.3 Å². The Kier molecular flexibility index (Phi) is 5.19. The van der Waals surface area contributed by atoms with Crippen molar-refractivity contribution in [2.75, 3.05) is 12.9 Å². The van der Waals surface area contributed by atoms with Gasteiger partial charge in [0.15, 0.2) is 0 Å². The van der Waals surface area contributed by atoms with Crippen LogP contribution in [0.4, 0.5) is 5.69 Å². The van der Waals surface area contributed by atoms with Crippen molar-refractivity contribution in [2.45, 2.75) is 30.2 Å². The summed E-state index contributed by atoms with van der Waals surface area (Å²) in [5.41, 5.74) is 0.225. The number of nitrogens with zero attached hydrogens (tertiary/aromatic N) is 1. The number of aliphatic hydroxyl groups excluding tert-OH is 1. The number of rotatable bonds is 5. The van der Waals surface area contributed by atoms with Gasteiger partial charge in [-0.3, -0.25) is 14.9 Å². The molecule has 1 aromatic carbocycles. The molecule has 114 valence electrons. The van der Waals surface area contributed by atoms with Gasteiger partial charge in [0.2, 0.25) is 0 Å². The molecule has 1 aliphatic carbocycles. The predicted octanol–water partition coefficient (Wildman–Crippen LogP) is 2.21. The Balaban J connectivity index is 2.16. The summed E-state index contributed by atoms with van der Waals surface area (Å²) in [6, 6.07) is 4.44. The molecule has 2 rings (SSSR count). The predicted molar refractivity (Wildman–Crippen MR) is 80.6 cm³/mol.